The van der Waals surface area contributed by atoms with Gasteiger partial charge in [0.25, 0.3) is 0 Å². The summed E-state index contributed by atoms with van der Waals surface area (Å²) < 4.78 is 0. The lowest BCUT2D eigenvalue weighted by Gasteiger charge is -2.23. The predicted octanol–water partition coefficient (Wildman–Crippen LogP) is 3.16. The van der Waals surface area contributed by atoms with Gasteiger partial charge in [-0.3, -0.25) is 19.4 Å². The molecule has 2 N–H and O–H groups in total. The number of carbonyl (C=O) groups is 4. The van der Waals surface area contributed by atoms with Gasteiger partial charge < -0.3 is 10.6 Å². The van der Waals surface area contributed by atoms with Gasteiger partial charge in [-0.25, -0.2) is 9.59 Å². The maximum atomic E-state index is 12.2. The van der Waals surface area contributed by atoms with E-state index in [-0.39, 0.29) is 23.9 Å². The molecule has 2 aliphatic rings. The van der Waals surface area contributed by atoms with E-state index in [0.29, 0.717) is 39.0 Å². The minimum Gasteiger partial charge on any atom is -0.338 e. The Morgan fingerprint density at radius 2 is 1.03 bits per heavy atom. The highest BCUT2D eigenvalue weighted by Gasteiger charge is 2.23. The average Bonchev–Trinajstić information content (AvgIpc) is 2.91. The second kappa shape index (κ2) is 13.2. The Balaban J connectivity index is 1.51. The smallest absolute Gasteiger partial charge is 0.324 e. The van der Waals surface area contributed by atoms with Gasteiger partial charge in [-0.05, 0) is 38.5 Å². The zero-order valence-electron chi connectivity index (χ0n) is 17.5. The molecule has 0 atom stereocenters. The number of carbonyl (C=O) groups excluding carboxylic acids is 4. The van der Waals surface area contributed by atoms with Gasteiger partial charge in [0.15, 0.2) is 0 Å². The van der Waals surface area contributed by atoms with Crippen LogP contribution in [0.25, 0.3) is 0 Å². The van der Waals surface area contributed by atoms with E-state index in [0.717, 1.165) is 70.6 Å². The van der Waals surface area contributed by atoms with Crippen LogP contribution in [0.2, 0.25) is 0 Å². The number of urea groups is 2. The quantitative estimate of drug-likeness (QED) is 0.632. The molecule has 0 aliphatic carbocycles. The van der Waals surface area contributed by atoms with Gasteiger partial charge in [0.1, 0.15) is 0 Å². The predicted molar refractivity (Wildman–Crippen MR) is 110 cm³/mol. The highest BCUT2D eigenvalue weighted by molar-refractivity contribution is 5.95. The van der Waals surface area contributed by atoms with Crippen LogP contribution in [-0.2, 0) is 9.59 Å². The fourth-order valence-corrected chi connectivity index (χ4v) is 3.76. The Bertz CT molecular complexity index is 567. The van der Waals surface area contributed by atoms with Crippen LogP contribution in [0, 0.1) is 0 Å². The number of amides is 6. The largest absolute Gasteiger partial charge is 0.338 e. The van der Waals surface area contributed by atoms with Crippen molar-refractivity contribution < 1.29 is 19.2 Å². The molecule has 0 aromatic rings. The first-order valence-electron chi connectivity index (χ1n) is 11.3. The maximum Gasteiger partial charge on any atom is 0.324 e. The number of imide groups is 2. The third-order valence-electron chi connectivity index (χ3n) is 5.54. The van der Waals surface area contributed by atoms with E-state index in [9.17, 15) is 19.2 Å². The summed E-state index contributed by atoms with van der Waals surface area (Å²) in [5.41, 5.74) is 0. The third-order valence-corrected chi connectivity index (χ3v) is 5.54. The molecule has 0 aromatic carbocycles. The van der Waals surface area contributed by atoms with E-state index < -0.39 is 0 Å². The Morgan fingerprint density at radius 1 is 0.621 bits per heavy atom. The molecule has 8 heteroatoms. The molecule has 164 valence electrons. The lowest BCUT2D eigenvalue weighted by Crippen LogP contribution is -2.45. The minimum absolute atomic E-state index is 0.0687. The highest BCUT2D eigenvalue weighted by atomic mass is 16.2. The molecular weight excluding hydrogens is 372 g/mol. The number of hydrogen-bond acceptors (Lipinski definition) is 4. The Labute approximate surface area is 173 Å². The molecule has 2 aliphatic heterocycles. The number of rotatable bonds is 7. The molecule has 2 fully saturated rings. The van der Waals surface area contributed by atoms with Crippen molar-refractivity contribution in [2.75, 3.05) is 26.2 Å². The second-order valence-electron chi connectivity index (χ2n) is 7.94. The summed E-state index contributed by atoms with van der Waals surface area (Å²) >= 11 is 0. The molecule has 0 unspecified atom stereocenters. The van der Waals surface area contributed by atoms with Crippen LogP contribution >= 0.6 is 0 Å². The highest BCUT2D eigenvalue weighted by Crippen LogP contribution is 2.12. The summed E-state index contributed by atoms with van der Waals surface area (Å²) in [5, 5.41) is 5.68. The molecule has 0 radical (unpaired) electrons. The van der Waals surface area contributed by atoms with E-state index in [1.807, 2.05) is 0 Å². The zero-order chi connectivity index (χ0) is 20.9. The SMILES string of the molecule is O=C1CCCCCCN1C(=O)NCCCCCCNC(=O)N1CCCCCC1=O. The van der Waals surface area contributed by atoms with Crippen LogP contribution in [-0.4, -0.2) is 59.9 Å². The van der Waals surface area contributed by atoms with Crippen molar-refractivity contribution in [2.45, 2.75) is 83.5 Å². The maximum absolute atomic E-state index is 12.2. The van der Waals surface area contributed by atoms with Crippen molar-refractivity contribution in [3.8, 4) is 0 Å². The zero-order valence-corrected chi connectivity index (χ0v) is 17.5. The molecule has 29 heavy (non-hydrogen) atoms. The normalized spacial score (nSPS) is 18.6. The number of likely N-dealkylation sites (tertiary alicyclic amines) is 2. The minimum atomic E-state index is -0.276. The number of hydrogen-bond donors (Lipinski definition) is 2. The van der Waals surface area contributed by atoms with Crippen molar-refractivity contribution in [3.63, 3.8) is 0 Å². The van der Waals surface area contributed by atoms with E-state index in [1.54, 1.807) is 0 Å². The average molecular weight is 409 g/mol. The van der Waals surface area contributed by atoms with E-state index >= 15 is 0 Å². The molecule has 0 saturated carbocycles. The van der Waals surface area contributed by atoms with Crippen LogP contribution in [0.15, 0.2) is 0 Å². The summed E-state index contributed by atoms with van der Waals surface area (Å²) in [4.78, 5) is 50.9. The first-order chi connectivity index (χ1) is 14.1. The molecular formula is C21H36N4O4. The van der Waals surface area contributed by atoms with Crippen molar-refractivity contribution in [1.82, 2.24) is 20.4 Å². The molecule has 2 heterocycles. The van der Waals surface area contributed by atoms with Crippen molar-refractivity contribution in [1.29, 1.82) is 0 Å². The topological polar surface area (TPSA) is 98.8 Å². The number of nitrogens with one attached hydrogen (secondary N) is 2. The van der Waals surface area contributed by atoms with E-state index in [2.05, 4.69) is 10.6 Å². The van der Waals surface area contributed by atoms with Gasteiger partial charge in [-0.2, -0.15) is 0 Å². The van der Waals surface area contributed by atoms with Crippen LogP contribution in [0.5, 0.6) is 0 Å². The van der Waals surface area contributed by atoms with Gasteiger partial charge in [0, 0.05) is 39.0 Å². The summed E-state index contributed by atoms with van der Waals surface area (Å²) in [6, 6.07) is -0.548. The Kier molecular flexibility index (Phi) is 10.5. The summed E-state index contributed by atoms with van der Waals surface area (Å²) in [7, 11) is 0. The first-order valence-corrected chi connectivity index (χ1v) is 11.3. The van der Waals surface area contributed by atoms with Crippen LogP contribution in [0.4, 0.5) is 9.59 Å². The molecule has 0 aromatic heterocycles. The van der Waals surface area contributed by atoms with Crippen molar-refractivity contribution in [2.24, 2.45) is 0 Å². The summed E-state index contributed by atoms with van der Waals surface area (Å²) in [5.74, 6) is -0.143. The van der Waals surface area contributed by atoms with Crippen LogP contribution in [0.3, 0.4) is 0 Å². The Morgan fingerprint density at radius 3 is 1.52 bits per heavy atom. The molecule has 6 amide bonds. The van der Waals surface area contributed by atoms with Crippen molar-refractivity contribution in [3.05, 3.63) is 0 Å². The standard InChI is InChI=1S/C21H36N4O4/c26-18-12-6-1-4-10-16-24(18)20(28)22-14-8-2-3-9-15-23-21(29)25-17-11-5-7-13-19(25)27/h1-17H2,(H,22,28)(H,23,29). The van der Waals surface area contributed by atoms with Crippen LogP contribution < -0.4 is 10.6 Å². The van der Waals surface area contributed by atoms with Crippen LogP contribution in [0.1, 0.15) is 83.5 Å². The summed E-state index contributed by atoms with van der Waals surface area (Å²) in [6.45, 7) is 2.14. The Hall–Kier alpha value is -2.12. The van der Waals surface area contributed by atoms with Crippen molar-refractivity contribution >= 4 is 23.9 Å². The van der Waals surface area contributed by atoms with Gasteiger partial charge >= 0.3 is 12.1 Å². The lowest BCUT2D eigenvalue weighted by atomic mass is 10.1. The van der Waals surface area contributed by atoms with Gasteiger partial charge in [0.05, 0.1) is 0 Å². The van der Waals surface area contributed by atoms with E-state index in [4.69, 9.17) is 0 Å². The van der Waals surface area contributed by atoms with Gasteiger partial charge in [-0.1, -0.05) is 32.1 Å². The lowest BCUT2D eigenvalue weighted by molar-refractivity contribution is -0.129. The molecule has 2 saturated heterocycles. The van der Waals surface area contributed by atoms with Gasteiger partial charge in [0.2, 0.25) is 11.8 Å². The molecule has 2 rings (SSSR count). The molecule has 8 nitrogen and oxygen atoms in total. The number of nitrogens with zero attached hydrogens (tertiary/aromatic N) is 2. The molecule has 0 bridgehead atoms. The monoisotopic (exact) mass is 408 g/mol. The second-order valence-corrected chi connectivity index (χ2v) is 7.94. The number of unbranched alkanes of at least 4 members (excludes halogenated alkanes) is 3. The van der Waals surface area contributed by atoms with E-state index in [1.165, 1.54) is 9.80 Å². The summed E-state index contributed by atoms with van der Waals surface area (Å²) in [6.07, 6.45) is 11.1. The fourth-order valence-electron chi connectivity index (χ4n) is 3.76. The molecule has 0 spiro atoms. The third kappa shape index (κ3) is 8.41. The first kappa shape index (κ1) is 23.2. The van der Waals surface area contributed by atoms with Gasteiger partial charge in [-0.15, -0.1) is 0 Å². The fraction of sp³-hybridized carbons (Fsp3) is 0.810.